The van der Waals surface area contributed by atoms with Gasteiger partial charge in [0.2, 0.25) is 5.88 Å². The molecule has 2 aliphatic rings. The van der Waals surface area contributed by atoms with Crippen LogP contribution < -0.4 is 15.4 Å². The maximum Gasteiger partial charge on any atom is 0.227 e. The first kappa shape index (κ1) is 17.8. The van der Waals surface area contributed by atoms with Gasteiger partial charge >= 0.3 is 0 Å². The van der Waals surface area contributed by atoms with Gasteiger partial charge in [-0.15, -0.1) is 0 Å². The molecule has 0 saturated carbocycles. The Labute approximate surface area is 156 Å². The van der Waals surface area contributed by atoms with Gasteiger partial charge in [0, 0.05) is 31.1 Å². The van der Waals surface area contributed by atoms with Crippen molar-refractivity contribution in [1.29, 1.82) is 5.41 Å². The van der Waals surface area contributed by atoms with Gasteiger partial charge in [0.25, 0.3) is 0 Å². The van der Waals surface area contributed by atoms with Crippen LogP contribution in [-0.4, -0.2) is 47.6 Å². The lowest BCUT2D eigenvalue weighted by molar-refractivity contribution is -0.0132. The van der Waals surface area contributed by atoms with E-state index >= 15 is 0 Å². The lowest BCUT2D eigenvalue weighted by Gasteiger charge is -2.39. The molecule has 4 rings (SSSR count). The average Bonchev–Trinajstić information content (AvgIpc) is 2.64. The molecule has 0 spiro atoms. The van der Waals surface area contributed by atoms with Gasteiger partial charge in [0.05, 0.1) is 24.5 Å². The number of hydrogen-bond acceptors (Lipinski definition) is 7. The summed E-state index contributed by atoms with van der Waals surface area (Å²) in [6.07, 6.45) is 4.11. The number of aryl methyl sites for hydroxylation is 1. The third-order valence-electron chi connectivity index (χ3n) is 4.85. The minimum Gasteiger partial charge on any atom is -0.474 e. The molecule has 8 heteroatoms. The van der Waals surface area contributed by atoms with Crippen molar-refractivity contribution in [1.82, 2.24) is 15.3 Å². The van der Waals surface area contributed by atoms with Crippen LogP contribution in [0.5, 0.6) is 5.88 Å². The Morgan fingerprint density at radius 1 is 1.30 bits per heavy atom. The van der Waals surface area contributed by atoms with Crippen molar-refractivity contribution < 1.29 is 13.9 Å². The Hall–Kier alpha value is -2.58. The van der Waals surface area contributed by atoms with Crippen molar-refractivity contribution in [2.24, 2.45) is 0 Å². The smallest absolute Gasteiger partial charge is 0.227 e. The number of benzene rings is 1. The number of nitrogens with zero attached hydrogens (tertiary/aromatic N) is 2. The standard InChI is InChI=1S/C19H22FN5O2/c1-11-2-3-17(16(20)4-11)25-18-15(7-21)19(23-10-22-18)27-14-5-12-8-26-9-13(6-14)24-12/h2-4,7,10,12-14,21,24H,5-6,8-9H2,1H3,(H,22,23,25). The third kappa shape index (κ3) is 3.91. The molecule has 2 aliphatic heterocycles. The highest BCUT2D eigenvalue weighted by atomic mass is 19.1. The van der Waals surface area contributed by atoms with E-state index in [-0.39, 0.29) is 24.0 Å². The van der Waals surface area contributed by atoms with Crippen LogP contribution in [0.25, 0.3) is 0 Å². The zero-order valence-electron chi connectivity index (χ0n) is 15.0. The molecular weight excluding hydrogens is 349 g/mol. The molecule has 2 saturated heterocycles. The Morgan fingerprint density at radius 2 is 2.07 bits per heavy atom. The maximum absolute atomic E-state index is 14.2. The van der Waals surface area contributed by atoms with Gasteiger partial charge in [0.15, 0.2) is 0 Å². The van der Waals surface area contributed by atoms with Crippen LogP contribution in [0.4, 0.5) is 15.9 Å². The monoisotopic (exact) mass is 371 g/mol. The molecule has 3 heterocycles. The number of piperidine rings is 1. The minimum absolute atomic E-state index is 0.0114. The number of rotatable bonds is 5. The summed E-state index contributed by atoms with van der Waals surface area (Å²) in [5.74, 6) is 0.300. The first-order chi connectivity index (χ1) is 13.1. The van der Waals surface area contributed by atoms with Gasteiger partial charge in [-0.1, -0.05) is 6.07 Å². The zero-order chi connectivity index (χ0) is 18.8. The van der Waals surface area contributed by atoms with Gasteiger partial charge < -0.3 is 25.5 Å². The molecule has 0 amide bonds. The summed E-state index contributed by atoms with van der Waals surface area (Å²) in [5, 5.41) is 14.2. The fraction of sp³-hybridized carbons (Fsp3) is 0.421. The van der Waals surface area contributed by atoms with Crippen molar-refractivity contribution in [2.45, 2.75) is 38.0 Å². The Morgan fingerprint density at radius 3 is 2.78 bits per heavy atom. The Bertz CT molecular complexity index is 835. The molecule has 142 valence electrons. The summed E-state index contributed by atoms with van der Waals surface area (Å²) in [5.41, 5.74) is 1.52. The van der Waals surface area contributed by atoms with Crippen LogP contribution in [0.1, 0.15) is 24.0 Å². The number of morpholine rings is 1. The third-order valence-corrected chi connectivity index (χ3v) is 4.85. The van der Waals surface area contributed by atoms with Crippen LogP contribution in [0.3, 0.4) is 0 Å². The highest BCUT2D eigenvalue weighted by Crippen LogP contribution is 2.28. The van der Waals surface area contributed by atoms with E-state index in [1.54, 1.807) is 6.07 Å². The predicted octanol–water partition coefficient (Wildman–Crippen LogP) is 2.56. The van der Waals surface area contributed by atoms with E-state index < -0.39 is 0 Å². The van der Waals surface area contributed by atoms with Crippen LogP contribution in [0.2, 0.25) is 0 Å². The zero-order valence-corrected chi connectivity index (χ0v) is 15.0. The lowest BCUT2D eigenvalue weighted by atomic mass is 9.95. The predicted molar refractivity (Wildman–Crippen MR) is 99.5 cm³/mol. The first-order valence-electron chi connectivity index (χ1n) is 9.01. The summed E-state index contributed by atoms with van der Waals surface area (Å²) in [6, 6.07) is 5.44. The summed E-state index contributed by atoms with van der Waals surface area (Å²) < 4.78 is 25.8. The average molecular weight is 371 g/mol. The quantitative estimate of drug-likeness (QED) is 0.700. The van der Waals surface area contributed by atoms with Gasteiger partial charge in [-0.25, -0.2) is 14.4 Å². The molecule has 7 nitrogen and oxygen atoms in total. The number of nitrogens with one attached hydrogen (secondary N) is 3. The van der Waals surface area contributed by atoms with Crippen LogP contribution in [0, 0.1) is 18.2 Å². The van der Waals surface area contributed by atoms with Crippen molar-refractivity contribution in [2.75, 3.05) is 18.5 Å². The topological polar surface area (TPSA) is 92.2 Å². The first-order valence-corrected chi connectivity index (χ1v) is 9.01. The molecule has 27 heavy (non-hydrogen) atoms. The summed E-state index contributed by atoms with van der Waals surface area (Å²) in [6.45, 7) is 3.18. The van der Waals surface area contributed by atoms with E-state index in [4.69, 9.17) is 14.9 Å². The van der Waals surface area contributed by atoms with Gasteiger partial charge in [-0.05, 0) is 24.6 Å². The van der Waals surface area contributed by atoms with Crippen LogP contribution >= 0.6 is 0 Å². The van der Waals surface area contributed by atoms with E-state index in [9.17, 15) is 4.39 Å². The SMILES string of the molecule is Cc1ccc(Nc2ncnc(OC3CC4COCC(C3)N4)c2C=N)c(F)c1. The van der Waals surface area contributed by atoms with E-state index in [0.717, 1.165) is 24.6 Å². The molecule has 0 aliphatic carbocycles. The van der Waals surface area contributed by atoms with Gasteiger partial charge in [0.1, 0.15) is 24.1 Å². The second-order valence-electron chi connectivity index (χ2n) is 7.00. The normalized spacial score (nSPS) is 24.3. The maximum atomic E-state index is 14.2. The van der Waals surface area contributed by atoms with E-state index in [0.29, 0.717) is 36.2 Å². The molecule has 2 aromatic rings. The number of hydrogen-bond donors (Lipinski definition) is 3. The largest absolute Gasteiger partial charge is 0.474 e. The van der Waals surface area contributed by atoms with Crippen molar-refractivity contribution in [3.63, 3.8) is 0 Å². The molecule has 2 atom stereocenters. The molecule has 2 fully saturated rings. The summed E-state index contributed by atoms with van der Waals surface area (Å²) >= 11 is 0. The highest BCUT2D eigenvalue weighted by molar-refractivity contribution is 5.88. The van der Waals surface area contributed by atoms with Crippen molar-refractivity contribution >= 4 is 17.7 Å². The Balaban J connectivity index is 1.55. The number of halogens is 1. The van der Waals surface area contributed by atoms with Crippen molar-refractivity contribution in [3.05, 3.63) is 41.5 Å². The van der Waals surface area contributed by atoms with E-state index in [1.165, 1.54) is 12.4 Å². The number of aromatic nitrogens is 2. The molecule has 2 bridgehead atoms. The molecule has 2 unspecified atom stereocenters. The second-order valence-corrected chi connectivity index (χ2v) is 7.00. The molecule has 1 aromatic carbocycles. The van der Waals surface area contributed by atoms with Crippen molar-refractivity contribution in [3.8, 4) is 5.88 Å². The Kier molecular flexibility index (Phi) is 5.00. The van der Waals surface area contributed by atoms with E-state index in [1.807, 2.05) is 13.0 Å². The lowest BCUT2D eigenvalue weighted by Crippen LogP contribution is -2.56. The second kappa shape index (κ2) is 7.58. The summed E-state index contributed by atoms with van der Waals surface area (Å²) in [7, 11) is 0. The van der Waals surface area contributed by atoms with Crippen LogP contribution in [0.15, 0.2) is 24.5 Å². The highest BCUT2D eigenvalue weighted by Gasteiger charge is 2.33. The number of ether oxygens (including phenoxy) is 2. The fourth-order valence-corrected chi connectivity index (χ4v) is 3.59. The molecule has 1 aromatic heterocycles. The molecule has 0 radical (unpaired) electrons. The minimum atomic E-state index is -0.377. The van der Waals surface area contributed by atoms with Crippen LogP contribution in [-0.2, 0) is 4.74 Å². The van der Waals surface area contributed by atoms with E-state index in [2.05, 4.69) is 20.6 Å². The number of anilines is 2. The fourth-order valence-electron chi connectivity index (χ4n) is 3.59. The van der Waals surface area contributed by atoms with Gasteiger partial charge in [-0.2, -0.15) is 0 Å². The number of fused-ring (bicyclic) bond motifs is 2. The molecule has 3 N–H and O–H groups in total. The van der Waals surface area contributed by atoms with Gasteiger partial charge in [-0.3, -0.25) is 0 Å². The molecular formula is C19H22FN5O2. The summed E-state index contributed by atoms with van der Waals surface area (Å²) in [4.78, 5) is 8.37.